The Hall–Kier alpha value is -2.18. The Bertz CT molecular complexity index is 787. The normalized spacial score (nSPS) is 16.6. The maximum Gasteiger partial charge on any atom is 0.270 e. The van der Waals surface area contributed by atoms with E-state index in [2.05, 4.69) is 0 Å². The summed E-state index contributed by atoms with van der Waals surface area (Å²) in [7, 11) is 0. The zero-order valence-electron chi connectivity index (χ0n) is 11.2. The van der Waals surface area contributed by atoms with Crippen LogP contribution in [0, 0.1) is 5.82 Å². The second-order valence-corrected chi connectivity index (χ2v) is 6.26. The van der Waals surface area contributed by atoms with Crippen molar-refractivity contribution in [1.82, 2.24) is 0 Å². The van der Waals surface area contributed by atoms with Crippen molar-refractivity contribution in [3.8, 4) is 5.75 Å². The van der Waals surface area contributed by atoms with Crippen molar-refractivity contribution in [2.75, 3.05) is 4.90 Å². The molecule has 1 heterocycles. The standard InChI is InChI=1S/C16H10FNO2S2/c17-11-4-6-12(7-5-11)18-15(20)14(22-16(18)21)9-10-2-1-3-13(19)8-10/h1-9,19H/b14-9-. The number of thiocarbonyl (C=S) groups is 1. The summed E-state index contributed by atoms with van der Waals surface area (Å²) >= 11 is 6.41. The van der Waals surface area contributed by atoms with Crippen molar-refractivity contribution in [2.24, 2.45) is 0 Å². The third-order valence-corrected chi connectivity index (χ3v) is 4.35. The molecule has 0 atom stereocenters. The van der Waals surface area contributed by atoms with Gasteiger partial charge < -0.3 is 5.11 Å². The molecule has 2 aromatic carbocycles. The molecule has 3 rings (SSSR count). The van der Waals surface area contributed by atoms with E-state index in [0.29, 0.717) is 20.5 Å². The molecule has 110 valence electrons. The van der Waals surface area contributed by atoms with E-state index in [1.165, 1.54) is 40.9 Å². The number of hydrogen-bond donors (Lipinski definition) is 1. The van der Waals surface area contributed by atoms with Crippen LogP contribution in [0.25, 0.3) is 6.08 Å². The molecule has 0 spiro atoms. The minimum Gasteiger partial charge on any atom is -0.508 e. The van der Waals surface area contributed by atoms with Gasteiger partial charge in [-0.1, -0.05) is 36.1 Å². The summed E-state index contributed by atoms with van der Waals surface area (Å²) in [6, 6.07) is 12.2. The SMILES string of the molecule is O=C1/C(=C/c2cccc(O)c2)SC(=S)N1c1ccc(F)cc1. The van der Waals surface area contributed by atoms with Crippen LogP contribution >= 0.6 is 24.0 Å². The Morgan fingerprint density at radius 2 is 1.91 bits per heavy atom. The van der Waals surface area contributed by atoms with E-state index in [1.54, 1.807) is 30.3 Å². The quantitative estimate of drug-likeness (QED) is 0.668. The summed E-state index contributed by atoms with van der Waals surface area (Å²) in [6.07, 6.45) is 1.67. The largest absolute Gasteiger partial charge is 0.508 e. The summed E-state index contributed by atoms with van der Waals surface area (Å²) in [5.41, 5.74) is 1.24. The summed E-state index contributed by atoms with van der Waals surface area (Å²) in [5, 5.41) is 9.47. The van der Waals surface area contributed by atoms with Crippen molar-refractivity contribution >= 4 is 46.0 Å². The Balaban J connectivity index is 1.93. The zero-order chi connectivity index (χ0) is 15.7. The monoisotopic (exact) mass is 331 g/mol. The molecule has 0 unspecified atom stereocenters. The van der Waals surface area contributed by atoms with E-state index in [-0.39, 0.29) is 17.5 Å². The van der Waals surface area contributed by atoms with Crippen molar-refractivity contribution in [1.29, 1.82) is 0 Å². The molecule has 0 aromatic heterocycles. The maximum absolute atomic E-state index is 13.0. The van der Waals surface area contributed by atoms with Crippen LogP contribution in [0.3, 0.4) is 0 Å². The Labute approximate surface area is 136 Å². The summed E-state index contributed by atoms with van der Waals surface area (Å²) in [5.74, 6) is -0.503. The fourth-order valence-corrected chi connectivity index (χ4v) is 3.35. The third-order valence-electron chi connectivity index (χ3n) is 3.05. The number of amides is 1. The number of carbonyl (C=O) groups is 1. The smallest absolute Gasteiger partial charge is 0.270 e. The first kappa shape index (κ1) is 14.7. The lowest BCUT2D eigenvalue weighted by Crippen LogP contribution is -2.27. The molecule has 1 amide bonds. The molecule has 0 radical (unpaired) electrons. The Morgan fingerprint density at radius 3 is 2.59 bits per heavy atom. The highest BCUT2D eigenvalue weighted by atomic mass is 32.2. The van der Waals surface area contributed by atoms with Crippen LogP contribution in [0.5, 0.6) is 5.75 Å². The summed E-state index contributed by atoms with van der Waals surface area (Å²) < 4.78 is 13.4. The van der Waals surface area contributed by atoms with Crippen LogP contribution < -0.4 is 4.90 Å². The van der Waals surface area contributed by atoms with Crippen molar-refractivity contribution in [3.63, 3.8) is 0 Å². The third kappa shape index (κ3) is 2.88. The van der Waals surface area contributed by atoms with Gasteiger partial charge in [0.25, 0.3) is 5.91 Å². The van der Waals surface area contributed by atoms with E-state index in [9.17, 15) is 14.3 Å². The van der Waals surface area contributed by atoms with Crippen molar-refractivity contribution in [3.05, 3.63) is 64.8 Å². The second-order valence-electron chi connectivity index (χ2n) is 4.59. The molecule has 0 saturated carbocycles. The predicted molar refractivity (Wildman–Crippen MR) is 90.2 cm³/mol. The Kier molecular flexibility index (Phi) is 3.96. The lowest BCUT2D eigenvalue weighted by atomic mass is 10.2. The molecule has 1 aliphatic rings. The molecule has 3 nitrogen and oxygen atoms in total. The lowest BCUT2D eigenvalue weighted by molar-refractivity contribution is -0.113. The van der Waals surface area contributed by atoms with Crippen LogP contribution in [0.2, 0.25) is 0 Å². The molecule has 1 aliphatic heterocycles. The number of aromatic hydroxyl groups is 1. The van der Waals surface area contributed by atoms with Crippen LogP contribution in [-0.2, 0) is 4.79 Å². The number of carbonyl (C=O) groups excluding carboxylic acids is 1. The van der Waals surface area contributed by atoms with Crippen LogP contribution in [0.1, 0.15) is 5.56 Å². The zero-order valence-corrected chi connectivity index (χ0v) is 12.8. The molecule has 0 bridgehead atoms. The number of anilines is 1. The summed E-state index contributed by atoms with van der Waals surface area (Å²) in [6.45, 7) is 0. The van der Waals surface area contributed by atoms with E-state index in [1.807, 2.05) is 0 Å². The van der Waals surface area contributed by atoms with Crippen LogP contribution in [-0.4, -0.2) is 15.3 Å². The highest BCUT2D eigenvalue weighted by Crippen LogP contribution is 2.36. The first-order chi connectivity index (χ1) is 10.5. The number of hydrogen-bond acceptors (Lipinski definition) is 4. The molecule has 6 heteroatoms. The van der Waals surface area contributed by atoms with Gasteiger partial charge in [0.2, 0.25) is 0 Å². The number of halogens is 1. The topological polar surface area (TPSA) is 40.5 Å². The van der Waals surface area contributed by atoms with Crippen LogP contribution in [0.4, 0.5) is 10.1 Å². The van der Waals surface area contributed by atoms with E-state index < -0.39 is 0 Å². The van der Waals surface area contributed by atoms with Gasteiger partial charge in [0.05, 0.1) is 10.6 Å². The summed E-state index contributed by atoms with van der Waals surface area (Å²) in [4.78, 5) is 14.3. The number of nitrogens with zero attached hydrogens (tertiary/aromatic N) is 1. The minimum absolute atomic E-state index is 0.128. The van der Waals surface area contributed by atoms with E-state index in [0.717, 1.165) is 0 Å². The second kappa shape index (κ2) is 5.90. The van der Waals surface area contributed by atoms with E-state index >= 15 is 0 Å². The predicted octanol–water partition coefficient (Wildman–Crippen LogP) is 3.94. The molecule has 22 heavy (non-hydrogen) atoms. The lowest BCUT2D eigenvalue weighted by Gasteiger charge is -2.14. The van der Waals surface area contributed by atoms with Crippen molar-refractivity contribution < 1.29 is 14.3 Å². The maximum atomic E-state index is 13.0. The number of phenols is 1. The van der Waals surface area contributed by atoms with Crippen molar-refractivity contribution in [2.45, 2.75) is 0 Å². The van der Waals surface area contributed by atoms with Gasteiger partial charge in [-0.25, -0.2) is 4.39 Å². The average Bonchev–Trinajstić information content (AvgIpc) is 2.75. The van der Waals surface area contributed by atoms with Gasteiger partial charge in [0, 0.05) is 0 Å². The molecule has 0 aliphatic carbocycles. The fourth-order valence-electron chi connectivity index (χ4n) is 2.05. The van der Waals surface area contributed by atoms with Gasteiger partial charge in [0.15, 0.2) is 4.32 Å². The van der Waals surface area contributed by atoms with Gasteiger partial charge in [0.1, 0.15) is 11.6 Å². The van der Waals surface area contributed by atoms with Gasteiger partial charge >= 0.3 is 0 Å². The fraction of sp³-hybridized carbons (Fsp3) is 0. The molecule has 2 aromatic rings. The van der Waals surface area contributed by atoms with Gasteiger partial charge in [-0.15, -0.1) is 0 Å². The molecular formula is C16H10FNO2S2. The van der Waals surface area contributed by atoms with Gasteiger partial charge in [-0.3, -0.25) is 9.69 Å². The van der Waals surface area contributed by atoms with Crippen LogP contribution in [0.15, 0.2) is 53.4 Å². The number of phenolic OH excluding ortho intramolecular Hbond substituents is 1. The molecule has 1 fully saturated rings. The first-order valence-corrected chi connectivity index (χ1v) is 7.59. The molecular weight excluding hydrogens is 321 g/mol. The number of thioether (sulfide) groups is 1. The highest BCUT2D eigenvalue weighted by molar-refractivity contribution is 8.27. The first-order valence-electron chi connectivity index (χ1n) is 6.37. The minimum atomic E-state index is -0.371. The molecule has 1 saturated heterocycles. The van der Waals surface area contributed by atoms with Gasteiger partial charge in [-0.2, -0.15) is 0 Å². The van der Waals surface area contributed by atoms with E-state index in [4.69, 9.17) is 12.2 Å². The Morgan fingerprint density at radius 1 is 1.18 bits per heavy atom. The number of benzene rings is 2. The molecule has 1 N–H and O–H groups in total. The van der Waals surface area contributed by atoms with Gasteiger partial charge in [-0.05, 0) is 48.0 Å². The number of rotatable bonds is 2. The highest BCUT2D eigenvalue weighted by Gasteiger charge is 2.33. The average molecular weight is 331 g/mol.